The molecule has 2 aromatic rings. The molecule has 0 amide bonds. The van der Waals surface area contributed by atoms with Crippen LogP contribution >= 0.6 is 11.6 Å². The fraction of sp³-hybridized carbons (Fsp3) is 0.375. The van der Waals surface area contributed by atoms with Gasteiger partial charge in [0.2, 0.25) is 5.88 Å². The maximum absolute atomic E-state index is 9.18. The van der Waals surface area contributed by atoms with Crippen LogP contribution in [0, 0.1) is 6.92 Å². The van der Waals surface area contributed by atoms with E-state index in [0.717, 1.165) is 5.56 Å². The van der Waals surface area contributed by atoms with E-state index in [1.54, 1.807) is 6.07 Å². The Balaban J connectivity index is 2.41. The third-order valence-electron chi connectivity index (χ3n) is 3.01. The van der Waals surface area contributed by atoms with Crippen molar-refractivity contribution >= 4 is 11.6 Å². The van der Waals surface area contributed by atoms with Crippen LogP contribution in [0.3, 0.4) is 0 Å². The van der Waals surface area contributed by atoms with Gasteiger partial charge in [-0.1, -0.05) is 44.5 Å². The van der Waals surface area contributed by atoms with E-state index in [2.05, 4.69) is 9.97 Å². The Hall–Kier alpha value is -1.65. The van der Waals surface area contributed by atoms with Gasteiger partial charge in [-0.05, 0) is 24.6 Å². The SMILES string of the molecule is Cc1c(Cl)nc(C(C)(C)C)nc1Oc1cccc(CO)c1. The predicted molar refractivity (Wildman–Crippen MR) is 82.9 cm³/mol. The van der Waals surface area contributed by atoms with Crippen molar-refractivity contribution in [1.29, 1.82) is 0 Å². The van der Waals surface area contributed by atoms with Gasteiger partial charge in [0.25, 0.3) is 0 Å². The zero-order valence-electron chi connectivity index (χ0n) is 12.6. The number of aliphatic hydroxyl groups excluding tert-OH is 1. The normalized spacial score (nSPS) is 11.5. The quantitative estimate of drug-likeness (QED) is 0.870. The molecule has 5 heteroatoms. The first-order valence-corrected chi connectivity index (χ1v) is 7.11. The summed E-state index contributed by atoms with van der Waals surface area (Å²) in [5.74, 6) is 1.68. The summed E-state index contributed by atoms with van der Waals surface area (Å²) >= 11 is 6.18. The highest BCUT2D eigenvalue weighted by atomic mass is 35.5. The van der Waals surface area contributed by atoms with Crippen LogP contribution in [0.25, 0.3) is 0 Å². The maximum Gasteiger partial charge on any atom is 0.227 e. The second-order valence-corrected chi connectivity index (χ2v) is 6.28. The highest BCUT2D eigenvalue weighted by Crippen LogP contribution is 2.30. The summed E-state index contributed by atoms with van der Waals surface area (Å²) in [7, 11) is 0. The van der Waals surface area contributed by atoms with Crippen LogP contribution in [-0.4, -0.2) is 15.1 Å². The molecule has 0 fully saturated rings. The average molecular weight is 307 g/mol. The van der Waals surface area contributed by atoms with Crippen molar-refractivity contribution in [3.63, 3.8) is 0 Å². The van der Waals surface area contributed by atoms with E-state index in [1.165, 1.54) is 0 Å². The summed E-state index contributed by atoms with van der Waals surface area (Å²) in [4.78, 5) is 8.79. The van der Waals surface area contributed by atoms with Gasteiger partial charge in [-0.2, -0.15) is 4.98 Å². The highest BCUT2D eigenvalue weighted by molar-refractivity contribution is 6.30. The number of aromatic nitrogens is 2. The van der Waals surface area contributed by atoms with Gasteiger partial charge in [0.1, 0.15) is 16.7 Å². The number of ether oxygens (including phenoxy) is 1. The lowest BCUT2D eigenvalue weighted by Crippen LogP contribution is -2.17. The van der Waals surface area contributed by atoms with Crippen LogP contribution in [0.2, 0.25) is 5.15 Å². The van der Waals surface area contributed by atoms with E-state index in [9.17, 15) is 5.11 Å². The van der Waals surface area contributed by atoms with Crippen molar-refractivity contribution in [3.05, 3.63) is 46.4 Å². The van der Waals surface area contributed by atoms with Crippen molar-refractivity contribution in [2.45, 2.75) is 39.7 Å². The molecular formula is C16H19ClN2O2. The molecule has 2 rings (SSSR count). The van der Waals surface area contributed by atoms with Crippen molar-refractivity contribution in [2.75, 3.05) is 0 Å². The lowest BCUT2D eigenvalue weighted by Gasteiger charge is -2.19. The molecule has 0 aliphatic heterocycles. The average Bonchev–Trinajstić information content (AvgIpc) is 2.42. The molecule has 21 heavy (non-hydrogen) atoms. The minimum atomic E-state index is -0.220. The Morgan fingerprint density at radius 1 is 1.24 bits per heavy atom. The molecule has 0 bridgehead atoms. The lowest BCUT2D eigenvalue weighted by atomic mass is 9.96. The second kappa shape index (κ2) is 6.00. The topological polar surface area (TPSA) is 55.2 Å². The van der Waals surface area contributed by atoms with Crippen LogP contribution < -0.4 is 4.74 Å². The molecule has 0 radical (unpaired) electrons. The van der Waals surface area contributed by atoms with Crippen LogP contribution in [0.15, 0.2) is 24.3 Å². The third kappa shape index (κ3) is 3.71. The molecular weight excluding hydrogens is 288 g/mol. The van der Waals surface area contributed by atoms with Gasteiger partial charge in [0.15, 0.2) is 0 Å². The van der Waals surface area contributed by atoms with E-state index in [1.807, 2.05) is 45.9 Å². The zero-order chi connectivity index (χ0) is 15.6. The summed E-state index contributed by atoms with van der Waals surface area (Å²) < 4.78 is 5.82. The molecule has 0 saturated heterocycles. The highest BCUT2D eigenvalue weighted by Gasteiger charge is 2.21. The Morgan fingerprint density at radius 2 is 1.95 bits per heavy atom. The minimum absolute atomic E-state index is 0.0338. The molecule has 1 aromatic heterocycles. The predicted octanol–water partition coefficient (Wildman–Crippen LogP) is 4.02. The number of hydrogen-bond donors (Lipinski definition) is 1. The Bertz CT molecular complexity index is 651. The fourth-order valence-corrected chi connectivity index (χ4v) is 1.88. The summed E-state index contributed by atoms with van der Waals surface area (Å²) in [6.45, 7) is 7.84. The van der Waals surface area contributed by atoms with Gasteiger partial charge in [0, 0.05) is 11.0 Å². The van der Waals surface area contributed by atoms with Crippen LogP contribution in [0.4, 0.5) is 0 Å². The van der Waals surface area contributed by atoms with Gasteiger partial charge in [-0.15, -0.1) is 0 Å². The molecule has 1 aromatic carbocycles. The zero-order valence-corrected chi connectivity index (χ0v) is 13.4. The van der Waals surface area contributed by atoms with Crippen LogP contribution in [-0.2, 0) is 12.0 Å². The van der Waals surface area contributed by atoms with Crippen molar-refractivity contribution in [2.24, 2.45) is 0 Å². The summed E-state index contributed by atoms with van der Waals surface area (Å²) in [6.07, 6.45) is 0. The van der Waals surface area contributed by atoms with Gasteiger partial charge < -0.3 is 9.84 Å². The number of nitrogens with zero attached hydrogens (tertiary/aromatic N) is 2. The molecule has 0 atom stereocenters. The minimum Gasteiger partial charge on any atom is -0.439 e. The summed E-state index contributed by atoms with van der Waals surface area (Å²) in [6, 6.07) is 7.23. The lowest BCUT2D eigenvalue weighted by molar-refractivity contribution is 0.281. The standard InChI is InChI=1S/C16H19ClN2O2/c1-10-13(17)18-15(16(2,3)4)19-14(10)21-12-7-5-6-11(8-12)9-20/h5-8,20H,9H2,1-4H3. The molecule has 112 valence electrons. The molecule has 0 saturated carbocycles. The fourth-order valence-electron chi connectivity index (χ4n) is 1.72. The first-order valence-electron chi connectivity index (χ1n) is 6.73. The molecule has 0 aliphatic carbocycles. The van der Waals surface area contributed by atoms with E-state index in [-0.39, 0.29) is 12.0 Å². The number of benzene rings is 1. The van der Waals surface area contributed by atoms with E-state index in [4.69, 9.17) is 16.3 Å². The molecule has 1 heterocycles. The molecule has 1 N–H and O–H groups in total. The van der Waals surface area contributed by atoms with Gasteiger partial charge >= 0.3 is 0 Å². The molecule has 4 nitrogen and oxygen atoms in total. The Morgan fingerprint density at radius 3 is 2.57 bits per heavy atom. The maximum atomic E-state index is 9.18. The largest absolute Gasteiger partial charge is 0.439 e. The van der Waals surface area contributed by atoms with Gasteiger partial charge in [-0.25, -0.2) is 4.98 Å². The molecule has 0 unspecified atom stereocenters. The van der Waals surface area contributed by atoms with Gasteiger partial charge in [0.05, 0.1) is 6.61 Å². The Kier molecular flexibility index (Phi) is 4.49. The summed E-state index contributed by atoms with van der Waals surface area (Å²) in [5.41, 5.74) is 1.25. The summed E-state index contributed by atoms with van der Waals surface area (Å²) in [5, 5.41) is 9.57. The number of aliphatic hydroxyl groups is 1. The third-order valence-corrected chi connectivity index (χ3v) is 3.38. The van der Waals surface area contributed by atoms with E-state index in [0.29, 0.717) is 28.2 Å². The Labute approximate surface area is 129 Å². The smallest absolute Gasteiger partial charge is 0.227 e. The number of halogens is 1. The van der Waals surface area contributed by atoms with Gasteiger partial charge in [-0.3, -0.25) is 0 Å². The number of rotatable bonds is 3. The van der Waals surface area contributed by atoms with E-state index >= 15 is 0 Å². The van der Waals surface area contributed by atoms with Crippen molar-refractivity contribution in [1.82, 2.24) is 9.97 Å². The van der Waals surface area contributed by atoms with Crippen LogP contribution in [0.1, 0.15) is 37.7 Å². The van der Waals surface area contributed by atoms with Crippen LogP contribution in [0.5, 0.6) is 11.6 Å². The number of hydrogen-bond acceptors (Lipinski definition) is 4. The first-order chi connectivity index (χ1) is 9.81. The van der Waals surface area contributed by atoms with Crippen molar-refractivity contribution < 1.29 is 9.84 Å². The second-order valence-electron chi connectivity index (χ2n) is 5.93. The molecule has 0 spiro atoms. The monoisotopic (exact) mass is 306 g/mol. The van der Waals surface area contributed by atoms with Crippen molar-refractivity contribution in [3.8, 4) is 11.6 Å². The first kappa shape index (κ1) is 15.7. The molecule has 0 aliphatic rings. The van der Waals surface area contributed by atoms with E-state index < -0.39 is 0 Å².